The first-order valence-corrected chi connectivity index (χ1v) is 8.64. The number of nitrogens with zero attached hydrogens (tertiary/aromatic N) is 5. The lowest BCUT2D eigenvalue weighted by Gasteiger charge is -2.27. The summed E-state index contributed by atoms with van der Waals surface area (Å²) in [6, 6.07) is 8.27. The Morgan fingerprint density at radius 1 is 1.07 bits per heavy atom. The molecule has 0 aromatic carbocycles. The zero-order chi connectivity index (χ0) is 19.0. The molecule has 0 bridgehead atoms. The Morgan fingerprint density at radius 2 is 1.93 bits per heavy atom. The lowest BCUT2D eigenvalue weighted by atomic mass is 10.1. The van der Waals surface area contributed by atoms with Gasteiger partial charge in [0.2, 0.25) is 0 Å². The van der Waals surface area contributed by atoms with Crippen LogP contribution in [0.2, 0.25) is 0 Å². The molecule has 0 saturated carbocycles. The van der Waals surface area contributed by atoms with Gasteiger partial charge in [0.15, 0.2) is 0 Å². The summed E-state index contributed by atoms with van der Waals surface area (Å²) in [7, 11) is 0. The Balaban J connectivity index is 1.51. The molecule has 27 heavy (non-hydrogen) atoms. The van der Waals surface area contributed by atoms with Gasteiger partial charge in [0.25, 0.3) is 0 Å². The average molecular weight is 373 g/mol. The molecule has 4 rings (SSSR count). The maximum atomic E-state index is 12.7. The fraction of sp³-hybridized carbons (Fsp3) is 0.316. The third kappa shape index (κ3) is 3.57. The molecule has 3 aromatic rings. The summed E-state index contributed by atoms with van der Waals surface area (Å²) in [5, 5.41) is 4.69. The predicted molar refractivity (Wildman–Crippen MR) is 93.5 cm³/mol. The minimum absolute atomic E-state index is 0.502. The zero-order valence-electron chi connectivity index (χ0n) is 14.7. The molecule has 0 aliphatic carbocycles. The van der Waals surface area contributed by atoms with Crippen molar-refractivity contribution in [3.05, 3.63) is 65.2 Å². The van der Waals surface area contributed by atoms with E-state index < -0.39 is 11.7 Å². The van der Waals surface area contributed by atoms with Crippen molar-refractivity contribution in [2.24, 2.45) is 0 Å². The molecule has 4 heterocycles. The Morgan fingerprint density at radius 3 is 2.59 bits per heavy atom. The van der Waals surface area contributed by atoms with Crippen LogP contribution in [0.25, 0.3) is 11.4 Å². The van der Waals surface area contributed by atoms with Gasteiger partial charge in [-0.15, -0.1) is 0 Å². The van der Waals surface area contributed by atoms with Gasteiger partial charge in [-0.05, 0) is 31.2 Å². The number of hydrogen-bond acceptors (Lipinski definition) is 4. The van der Waals surface area contributed by atoms with Crippen LogP contribution in [0.5, 0.6) is 0 Å². The largest absolute Gasteiger partial charge is 0.417 e. The van der Waals surface area contributed by atoms with E-state index in [0.29, 0.717) is 18.8 Å². The maximum Gasteiger partial charge on any atom is 0.417 e. The number of alkyl halides is 3. The van der Waals surface area contributed by atoms with E-state index in [1.807, 2.05) is 29.8 Å². The molecule has 8 heteroatoms. The minimum Gasteiger partial charge on any atom is -0.290 e. The molecule has 0 atom stereocenters. The molecule has 1 aliphatic rings. The molecule has 0 N–H and O–H groups in total. The van der Waals surface area contributed by atoms with Crippen LogP contribution in [0.4, 0.5) is 13.2 Å². The molecular weight excluding hydrogens is 355 g/mol. The highest BCUT2D eigenvalue weighted by Crippen LogP contribution is 2.29. The minimum atomic E-state index is -4.36. The molecule has 5 nitrogen and oxygen atoms in total. The third-order valence-corrected chi connectivity index (χ3v) is 4.77. The molecular formula is C19H18F3N5. The first-order valence-electron chi connectivity index (χ1n) is 8.64. The van der Waals surface area contributed by atoms with Crippen LogP contribution in [0.3, 0.4) is 0 Å². The SMILES string of the molecule is Cc1c(-c2ccccn2)nn2c1CN(Cc1ccc(C(F)(F)F)cn1)CC2. The first-order chi connectivity index (χ1) is 12.9. The van der Waals surface area contributed by atoms with E-state index in [0.717, 1.165) is 48.0 Å². The van der Waals surface area contributed by atoms with Gasteiger partial charge in [-0.3, -0.25) is 19.5 Å². The van der Waals surface area contributed by atoms with Crippen molar-refractivity contribution in [2.45, 2.75) is 32.7 Å². The number of pyridine rings is 2. The number of fused-ring (bicyclic) bond motifs is 1. The molecule has 0 unspecified atom stereocenters. The Labute approximate surface area is 154 Å². The van der Waals surface area contributed by atoms with Crippen molar-refractivity contribution in [1.82, 2.24) is 24.6 Å². The summed E-state index contributed by atoms with van der Waals surface area (Å²) in [6.45, 7) is 4.70. The van der Waals surface area contributed by atoms with Crippen molar-refractivity contribution in [1.29, 1.82) is 0 Å². The highest BCUT2D eigenvalue weighted by Gasteiger charge is 2.31. The number of rotatable bonds is 3. The van der Waals surface area contributed by atoms with E-state index in [9.17, 15) is 13.2 Å². The van der Waals surface area contributed by atoms with Gasteiger partial charge in [0.1, 0.15) is 5.69 Å². The van der Waals surface area contributed by atoms with Crippen LogP contribution in [-0.4, -0.2) is 31.2 Å². The first kappa shape index (κ1) is 17.7. The van der Waals surface area contributed by atoms with E-state index in [1.54, 1.807) is 6.20 Å². The molecule has 0 saturated heterocycles. The Kier molecular flexibility index (Phi) is 4.43. The van der Waals surface area contributed by atoms with Crippen LogP contribution in [-0.2, 0) is 25.8 Å². The summed E-state index contributed by atoms with van der Waals surface area (Å²) < 4.78 is 40.0. The van der Waals surface area contributed by atoms with E-state index in [2.05, 4.69) is 20.0 Å². The topological polar surface area (TPSA) is 46.8 Å². The van der Waals surface area contributed by atoms with Crippen molar-refractivity contribution >= 4 is 0 Å². The summed E-state index contributed by atoms with van der Waals surface area (Å²) in [5.74, 6) is 0. The fourth-order valence-corrected chi connectivity index (χ4v) is 3.29. The van der Waals surface area contributed by atoms with Crippen LogP contribution in [0.15, 0.2) is 42.7 Å². The van der Waals surface area contributed by atoms with Gasteiger partial charge in [-0.1, -0.05) is 6.07 Å². The van der Waals surface area contributed by atoms with Crippen LogP contribution in [0.1, 0.15) is 22.5 Å². The molecule has 3 aromatic heterocycles. The molecule has 0 amide bonds. The van der Waals surface area contributed by atoms with Gasteiger partial charge in [0, 0.05) is 37.6 Å². The van der Waals surface area contributed by atoms with Gasteiger partial charge in [0.05, 0.1) is 29.2 Å². The summed E-state index contributed by atoms with van der Waals surface area (Å²) in [4.78, 5) is 10.5. The fourth-order valence-electron chi connectivity index (χ4n) is 3.29. The van der Waals surface area contributed by atoms with Crippen LogP contribution in [0, 0.1) is 6.92 Å². The van der Waals surface area contributed by atoms with E-state index >= 15 is 0 Å². The smallest absolute Gasteiger partial charge is 0.290 e. The molecule has 0 fully saturated rings. The zero-order valence-corrected chi connectivity index (χ0v) is 14.7. The molecule has 0 spiro atoms. The van der Waals surface area contributed by atoms with Gasteiger partial charge < -0.3 is 0 Å². The second-order valence-electron chi connectivity index (χ2n) is 6.61. The van der Waals surface area contributed by atoms with Gasteiger partial charge >= 0.3 is 6.18 Å². The van der Waals surface area contributed by atoms with Crippen LogP contribution < -0.4 is 0 Å². The normalized spacial score (nSPS) is 15.0. The van der Waals surface area contributed by atoms with E-state index in [1.165, 1.54) is 6.07 Å². The number of halogens is 3. The highest BCUT2D eigenvalue weighted by atomic mass is 19.4. The third-order valence-electron chi connectivity index (χ3n) is 4.77. The monoisotopic (exact) mass is 373 g/mol. The maximum absolute atomic E-state index is 12.7. The number of aromatic nitrogens is 4. The quantitative estimate of drug-likeness (QED) is 0.703. The standard InChI is InChI=1S/C19H18F3N5/c1-13-17-12-26(11-15-6-5-14(10-24-15)19(20,21)22)8-9-27(17)25-18(13)16-4-2-3-7-23-16/h2-7,10H,8-9,11-12H2,1H3. The molecule has 0 radical (unpaired) electrons. The van der Waals surface area contributed by atoms with Crippen LogP contribution >= 0.6 is 0 Å². The van der Waals surface area contributed by atoms with E-state index in [4.69, 9.17) is 0 Å². The lowest BCUT2D eigenvalue weighted by molar-refractivity contribution is -0.137. The molecule has 1 aliphatic heterocycles. The number of hydrogen-bond donors (Lipinski definition) is 0. The summed E-state index contributed by atoms with van der Waals surface area (Å²) in [5.41, 5.74) is 3.80. The van der Waals surface area contributed by atoms with E-state index in [-0.39, 0.29) is 0 Å². The van der Waals surface area contributed by atoms with Crippen molar-refractivity contribution in [3.63, 3.8) is 0 Å². The second kappa shape index (κ2) is 6.77. The average Bonchev–Trinajstić information content (AvgIpc) is 2.99. The van der Waals surface area contributed by atoms with Crippen molar-refractivity contribution in [3.8, 4) is 11.4 Å². The predicted octanol–water partition coefficient (Wildman–Crippen LogP) is 3.68. The Bertz CT molecular complexity index is 932. The van der Waals surface area contributed by atoms with Gasteiger partial charge in [-0.2, -0.15) is 18.3 Å². The highest BCUT2D eigenvalue weighted by molar-refractivity contribution is 5.59. The summed E-state index contributed by atoms with van der Waals surface area (Å²) in [6.07, 6.45) is -1.72. The Hall–Kier alpha value is -2.74. The lowest BCUT2D eigenvalue weighted by Crippen LogP contribution is -2.34. The molecule has 140 valence electrons. The van der Waals surface area contributed by atoms with Crippen molar-refractivity contribution in [2.75, 3.05) is 6.54 Å². The summed E-state index contributed by atoms with van der Waals surface area (Å²) >= 11 is 0. The second-order valence-corrected chi connectivity index (χ2v) is 6.61. The van der Waals surface area contributed by atoms with Crippen molar-refractivity contribution < 1.29 is 13.2 Å². The van der Waals surface area contributed by atoms with Gasteiger partial charge in [-0.25, -0.2) is 0 Å².